The lowest BCUT2D eigenvalue weighted by Crippen LogP contribution is -2.27. The molecule has 0 aliphatic heterocycles. The minimum absolute atomic E-state index is 0.288. The highest BCUT2D eigenvalue weighted by Gasteiger charge is 2.10. The molecule has 0 saturated heterocycles. The van der Waals surface area contributed by atoms with E-state index in [2.05, 4.69) is 20.4 Å². The Balaban J connectivity index is 1.80. The van der Waals surface area contributed by atoms with Gasteiger partial charge in [0.15, 0.2) is 0 Å². The molecular weight excluding hydrogens is 310 g/mol. The van der Waals surface area contributed by atoms with Gasteiger partial charge < -0.3 is 15.4 Å². The average molecular weight is 327 g/mol. The van der Waals surface area contributed by atoms with Gasteiger partial charge in [0.1, 0.15) is 6.42 Å². The van der Waals surface area contributed by atoms with Crippen LogP contribution in [-0.4, -0.2) is 29.9 Å². The summed E-state index contributed by atoms with van der Waals surface area (Å²) in [5, 5.41) is 5.25. The molecule has 0 radical (unpaired) electrons. The van der Waals surface area contributed by atoms with Crippen molar-refractivity contribution in [3.63, 3.8) is 0 Å². The highest BCUT2D eigenvalue weighted by molar-refractivity contribution is 6.03. The van der Waals surface area contributed by atoms with Gasteiger partial charge in [0.2, 0.25) is 11.8 Å². The Labute approximate surface area is 139 Å². The van der Waals surface area contributed by atoms with E-state index in [1.807, 2.05) is 0 Å². The molecule has 0 aliphatic rings. The van der Waals surface area contributed by atoms with Crippen molar-refractivity contribution < 1.29 is 19.1 Å². The van der Waals surface area contributed by atoms with Crippen molar-refractivity contribution in [2.45, 2.75) is 13.0 Å². The Morgan fingerprint density at radius 2 is 1.67 bits per heavy atom. The van der Waals surface area contributed by atoms with Crippen LogP contribution in [-0.2, 0) is 20.9 Å². The molecule has 2 N–H and O–H groups in total. The van der Waals surface area contributed by atoms with E-state index in [1.54, 1.807) is 36.7 Å². The quantitative estimate of drug-likeness (QED) is 0.619. The first-order valence-corrected chi connectivity index (χ1v) is 7.22. The fourth-order valence-electron chi connectivity index (χ4n) is 1.92. The standard InChI is InChI=1S/C17H17N3O4/c1-24-17(23)13-2-4-14(5-3-13)20-16(22)10-15(21)19-11-12-6-8-18-9-7-12/h2-9H,10-11H2,1H3,(H,19,21)(H,20,22). The van der Waals surface area contributed by atoms with Crippen LogP contribution in [0.2, 0.25) is 0 Å². The van der Waals surface area contributed by atoms with E-state index in [1.165, 1.54) is 19.2 Å². The molecule has 2 rings (SSSR count). The van der Waals surface area contributed by atoms with E-state index in [-0.39, 0.29) is 12.3 Å². The number of esters is 1. The maximum atomic E-state index is 11.8. The first-order chi connectivity index (χ1) is 11.6. The van der Waals surface area contributed by atoms with Crippen LogP contribution in [0.25, 0.3) is 0 Å². The number of carbonyl (C=O) groups excluding carboxylic acids is 3. The zero-order valence-corrected chi connectivity index (χ0v) is 13.1. The van der Waals surface area contributed by atoms with Crippen molar-refractivity contribution in [1.29, 1.82) is 0 Å². The van der Waals surface area contributed by atoms with Gasteiger partial charge in [0, 0.05) is 24.6 Å². The van der Waals surface area contributed by atoms with Gasteiger partial charge in [0.05, 0.1) is 12.7 Å². The van der Waals surface area contributed by atoms with Crippen LogP contribution in [0.4, 0.5) is 5.69 Å². The van der Waals surface area contributed by atoms with E-state index >= 15 is 0 Å². The predicted octanol–water partition coefficient (Wildman–Crippen LogP) is 1.51. The van der Waals surface area contributed by atoms with E-state index in [0.717, 1.165) is 5.56 Å². The number of amides is 2. The summed E-state index contributed by atoms with van der Waals surface area (Å²) in [6, 6.07) is 9.76. The summed E-state index contributed by atoms with van der Waals surface area (Å²) in [4.78, 5) is 38.8. The van der Waals surface area contributed by atoms with Crippen molar-refractivity contribution in [3.8, 4) is 0 Å². The number of benzene rings is 1. The molecule has 24 heavy (non-hydrogen) atoms. The maximum Gasteiger partial charge on any atom is 0.337 e. The van der Waals surface area contributed by atoms with Crippen molar-refractivity contribution in [1.82, 2.24) is 10.3 Å². The Morgan fingerprint density at radius 1 is 1.00 bits per heavy atom. The highest BCUT2D eigenvalue weighted by Crippen LogP contribution is 2.10. The predicted molar refractivity (Wildman–Crippen MR) is 87.1 cm³/mol. The number of anilines is 1. The summed E-state index contributed by atoms with van der Waals surface area (Å²) in [5.74, 6) is -1.27. The van der Waals surface area contributed by atoms with E-state index in [4.69, 9.17) is 0 Å². The zero-order valence-electron chi connectivity index (χ0n) is 13.1. The lowest BCUT2D eigenvalue weighted by Gasteiger charge is -2.07. The number of rotatable bonds is 6. The molecule has 7 heteroatoms. The Kier molecular flexibility index (Phi) is 6.01. The normalized spacial score (nSPS) is 9.88. The lowest BCUT2D eigenvalue weighted by atomic mass is 10.2. The molecule has 0 spiro atoms. The number of ether oxygens (including phenoxy) is 1. The average Bonchev–Trinajstić information content (AvgIpc) is 2.60. The van der Waals surface area contributed by atoms with Gasteiger partial charge in [-0.05, 0) is 42.0 Å². The Hall–Kier alpha value is -3.22. The molecule has 1 heterocycles. The molecule has 2 amide bonds. The van der Waals surface area contributed by atoms with Gasteiger partial charge in [-0.25, -0.2) is 4.79 Å². The Morgan fingerprint density at radius 3 is 2.29 bits per heavy atom. The van der Waals surface area contributed by atoms with Crippen LogP contribution in [0, 0.1) is 0 Å². The van der Waals surface area contributed by atoms with Crippen LogP contribution in [0.15, 0.2) is 48.8 Å². The first-order valence-electron chi connectivity index (χ1n) is 7.22. The largest absolute Gasteiger partial charge is 0.465 e. The van der Waals surface area contributed by atoms with Gasteiger partial charge >= 0.3 is 5.97 Å². The van der Waals surface area contributed by atoms with Crippen LogP contribution in [0.1, 0.15) is 22.3 Å². The summed E-state index contributed by atoms with van der Waals surface area (Å²) < 4.78 is 4.59. The summed E-state index contributed by atoms with van der Waals surface area (Å²) >= 11 is 0. The van der Waals surface area contributed by atoms with E-state index in [0.29, 0.717) is 17.8 Å². The van der Waals surface area contributed by atoms with E-state index < -0.39 is 11.9 Å². The SMILES string of the molecule is COC(=O)c1ccc(NC(=O)CC(=O)NCc2ccncc2)cc1. The van der Waals surface area contributed by atoms with Gasteiger partial charge in [-0.1, -0.05) is 0 Å². The van der Waals surface area contributed by atoms with Crippen LogP contribution >= 0.6 is 0 Å². The van der Waals surface area contributed by atoms with Crippen LogP contribution in [0.5, 0.6) is 0 Å². The highest BCUT2D eigenvalue weighted by atomic mass is 16.5. The molecule has 0 aliphatic carbocycles. The lowest BCUT2D eigenvalue weighted by molar-refractivity contribution is -0.126. The van der Waals surface area contributed by atoms with Crippen molar-refractivity contribution in [2.24, 2.45) is 0 Å². The van der Waals surface area contributed by atoms with Crippen molar-refractivity contribution >= 4 is 23.5 Å². The monoisotopic (exact) mass is 327 g/mol. The first kappa shape index (κ1) is 17.1. The van der Waals surface area contributed by atoms with Crippen molar-refractivity contribution in [2.75, 3.05) is 12.4 Å². The van der Waals surface area contributed by atoms with Gasteiger partial charge in [-0.2, -0.15) is 0 Å². The van der Waals surface area contributed by atoms with Crippen LogP contribution < -0.4 is 10.6 Å². The molecule has 7 nitrogen and oxygen atoms in total. The molecule has 0 unspecified atom stereocenters. The Bertz CT molecular complexity index is 714. The third kappa shape index (κ3) is 5.20. The number of hydrogen-bond acceptors (Lipinski definition) is 5. The third-order valence-electron chi connectivity index (χ3n) is 3.15. The molecule has 0 fully saturated rings. The molecule has 1 aromatic heterocycles. The number of carbonyl (C=O) groups is 3. The second-order valence-electron chi connectivity index (χ2n) is 4.93. The number of aromatic nitrogens is 1. The molecule has 124 valence electrons. The molecule has 2 aromatic rings. The molecular formula is C17H17N3O4. The number of nitrogens with zero attached hydrogens (tertiary/aromatic N) is 1. The molecule has 0 bridgehead atoms. The molecule has 0 atom stereocenters. The summed E-state index contributed by atoms with van der Waals surface area (Å²) in [5.41, 5.74) is 1.78. The second-order valence-corrected chi connectivity index (χ2v) is 4.93. The topological polar surface area (TPSA) is 97.4 Å². The van der Waals surface area contributed by atoms with Crippen molar-refractivity contribution in [3.05, 3.63) is 59.9 Å². The van der Waals surface area contributed by atoms with Crippen LogP contribution in [0.3, 0.4) is 0 Å². The number of pyridine rings is 1. The van der Waals surface area contributed by atoms with Gasteiger partial charge in [-0.3, -0.25) is 14.6 Å². The minimum atomic E-state index is -0.455. The number of nitrogens with one attached hydrogen (secondary N) is 2. The fourth-order valence-corrected chi connectivity index (χ4v) is 1.92. The zero-order chi connectivity index (χ0) is 17.4. The fraction of sp³-hybridized carbons (Fsp3) is 0.176. The third-order valence-corrected chi connectivity index (χ3v) is 3.15. The number of methoxy groups -OCH3 is 1. The van der Waals surface area contributed by atoms with E-state index in [9.17, 15) is 14.4 Å². The molecule has 1 aromatic carbocycles. The summed E-state index contributed by atoms with van der Waals surface area (Å²) in [7, 11) is 1.29. The summed E-state index contributed by atoms with van der Waals surface area (Å²) in [6.45, 7) is 0.336. The smallest absolute Gasteiger partial charge is 0.337 e. The minimum Gasteiger partial charge on any atom is -0.465 e. The molecule has 0 saturated carbocycles. The van der Waals surface area contributed by atoms with Gasteiger partial charge in [-0.15, -0.1) is 0 Å². The number of hydrogen-bond donors (Lipinski definition) is 2. The maximum absolute atomic E-state index is 11.8. The van der Waals surface area contributed by atoms with Gasteiger partial charge in [0.25, 0.3) is 0 Å². The summed E-state index contributed by atoms with van der Waals surface area (Å²) in [6.07, 6.45) is 2.97. The second kappa shape index (κ2) is 8.42.